The van der Waals surface area contributed by atoms with Gasteiger partial charge < -0.3 is 14.1 Å². The zero-order valence-corrected chi connectivity index (χ0v) is 31.3. The molecule has 3 heteroatoms. The highest BCUT2D eigenvalue weighted by molar-refractivity contribution is 6.09. The van der Waals surface area contributed by atoms with Crippen LogP contribution in [0.15, 0.2) is 222 Å². The van der Waals surface area contributed by atoms with Gasteiger partial charge in [-0.15, -0.1) is 0 Å². The number of furan rings is 1. The van der Waals surface area contributed by atoms with E-state index < -0.39 is 0 Å². The summed E-state index contributed by atoms with van der Waals surface area (Å²) in [6.45, 7) is 0. The van der Waals surface area contributed by atoms with Crippen LogP contribution >= 0.6 is 0 Å². The first-order valence-corrected chi connectivity index (χ1v) is 19.8. The van der Waals surface area contributed by atoms with Gasteiger partial charge in [0, 0.05) is 45.2 Å². The predicted molar refractivity (Wildman–Crippen MR) is 235 cm³/mol. The van der Waals surface area contributed by atoms with Gasteiger partial charge in [0.15, 0.2) is 0 Å². The summed E-state index contributed by atoms with van der Waals surface area (Å²) in [5.41, 5.74) is 14.7. The Morgan fingerprint density at radius 2 is 0.982 bits per heavy atom. The van der Waals surface area contributed by atoms with Crippen molar-refractivity contribution in [2.45, 2.75) is 18.1 Å². The standard InChI is InChI=1S/C54H39NO2/c1-2-10-36(11-3-1)37-20-22-38(23-21-37)39-24-30-42(31-25-39)55(43-32-26-40(27-33-43)45-14-8-16-49-47-12-4-6-18-51(47)56-53(45)49)44-34-28-41(29-35-44)46-15-9-17-50-48-13-5-7-19-52(48)57-54(46)50/h1-35,45,47,51,53H. The monoisotopic (exact) mass is 733 g/mol. The fourth-order valence-electron chi connectivity index (χ4n) is 8.97. The van der Waals surface area contributed by atoms with Crippen LogP contribution in [0.4, 0.5) is 17.1 Å². The molecule has 272 valence electrons. The molecular weight excluding hydrogens is 695 g/mol. The number of benzene rings is 7. The van der Waals surface area contributed by atoms with Crippen LogP contribution in [-0.2, 0) is 4.74 Å². The van der Waals surface area contributed by atoms with Crippen LogP contribution in [0.3, 0.4) is 0 Å². The summed E-state index contributed by atoms with van der Waals surface area (Å²) in [5, 5.41) is 2.27. The molecule has 57 heavy (non-hydrogen) atoms. The summed E-state index contributed by atoms with van der Waals surface area (Å²) >= 11 is 0. The predicted octanol–water partition coefficient (Wildman–Crippen LogP) is 14.1. The van der Waals surface area contributed by atoms with Gasteiger partial charge in [0.1, 0.15) is 11.2 Å². The normalized spacial score (nSPS) is 19.4. The van der Waals surface area contributed by atoms with E-state index in [9.17, 15) is 0 Å². The molecule has 0 radical (unpaired) electrons. The summed E-state index contributed by atoms with van der Waals surface area (Å²) < 4.78 is 13.1. The highest BCUT2D eigenvalue weighted by atomic mass is 16.5. The Bertz CT molecular complexity index is 2860. The number of nitrogens with zero attached hydrogens (tertiary/aromatic N) is 1. The average molecular weight is 734 g/mol. The number of anilines is 3. The summed E-state index contributed by atoms with van der Waals surface area (Å²) in [4.78, 5) is 2.34. The van der Waals surface area contributed by atoms with Crippen LogP contribution in [0, 0.1) is 5.92 Å². The number of allylic oxidation sites excluding steroid dienone is 4. The number of rotatable bonds is 7. The zero-order chi connectivity index (χ0) is 37.7. The summed E-state index contributed by atoms with van der Waals surface area (Å²) in [5.74, 6) is 0.474. The largest absolute Gasteiger partial charge is 0.455 e. The molecular formula is C54H39NO2. The number of fused-ring (bicyclic) bond motifs is 6. The Labute approximate surface area is 332 Å². The lowest BCUT2D eigenvalue weighted by molar-refractivity contribution is 0.0642. The van der Waals surface area contributed by atoms with Gasteiger partial charge in [-0.25, -0.2) is 0 Å². The Morgan fingerprint density at radius 1 is 0.421 bits per heavy atom. The molecule has 7 aromatic carbocycles. The first-order chi connectivity index (χ1) is 28.2. The summed E-state index contributed by atoms with van der Waals surface area (Å²) in [6, 6.07) is 60.9. The molecule has 2 heterocycles. The molecule has 0 bridgehead atoms. The van der Waals surface area contributed by atoms with Crippen molar-refractivity contribution in [3.63, 3.8) is 0 Å². The third-order valence-corrected chi connectivity index (χ3v) is 11.9. The summed E-state index contributed by atoms with van der Waals surface area (Å²) in [6.07, 6.45) is 15.6. The molecule has 0 saturated carbocycles. The number of para-hydroxylation sites is 2. The molecule has 1 fully saturated rings. The lowest BCUT2D eigenvalue weighted by atomic mass is 9.80. The maximum atomic E-state index is 6.65. The zero-order valence-electron chi connectivity index (χ0n) is 31.3. The first-order valence-electron chi connectivity index (χ1n) is 19.8. The highest BCUT2D eigenvalue weighted by Gasteiger charge is 2.42. The topological polar surface area (TPSA) is 25.6 Å². The molecule has 4 atom stereocenters. The van der Waals surface area contributed by atoms with Crippen LogP contribution in [0.2, 0.25) is 0 Å². The van der Waals surface area contributed by atoms with Crippen molar-refractivity contribution >= 4 is 39.0 Å². The lowest BCUT2D eigenvalue weighted by Gasteiger charge is -2.28. The van der Waals surface area contributed by atoms with Crippen molar-refractivity contribution in [3.8, 4) is 33.4 Å². The van der Waals surface area contributed by atoms with E-state index in [1.807, 2.05) is 12.1 Å². The molecule has 2 aliphatic carbocycles. The molecule has 11 rings (SSSR count). The Balaban J connectivity index is 0.937. The average Bonchev–Trinajstić information content (AvgIpc) is 3.87. The van der Waals surface area contributed by atoms with E-state index in [1.165, 1.54) is 33.4 Å². The van der Waals surface area contributed by atoms with Gasteiger partial charge in [-0.05, 0) is 81.4 Å². The summed E-state index contributed by atoms with van der Waals surface area (Å²) in [7, 11) is 0. The van der Waals surface area contributed by atoms with Crippen LogP contribution in [0.25, 0.3) is 55.3 Å². The second kappa shape index (κ2) is 14.0. The van der Waals surface area contributed by atoms with E-state index in [4.69, 9.17) is 9.15 Å². The Hall–Kier alpha value is -6.94. The molecule has 1 aromatic heterocycles. The smallest absolute Gasteiger partial charge is 0.143 e. The van der Waals surface area contributed by atoms with E-state index >= 15 is 0 Å². The molecule has 0 N–H and O–H groups in total. The third-order valence-electron chi connectivity index (χ3n) is 11.9. The fourth-order valence-corrected chi connectivity index (χ4v) is 8.97. The van der Waals surface area contributed by atoms with E-state index in [1.54, 1.807) is 0 Å². The van der Waals surface area contributed by atoms with Crippen molar-refractivity contribution in [3.05, 3.63) is 224 Å². The molecule has 0 spiro atoms. The van der Waals surface area contributed by atoms with Gasteiger partial charge in [-0.1, -0.05) is 170 Å². The maximum Gasteiger partial charge on any atom is 0.143 e. The minimum absolute atomic E-state index is 0.0393. The van der Waals surface area contributed by atoms with E-state index in [0.717, 1.165) is 50.1 Å². The minimum Gasteiger partial charge on any atom is -0.455 e. The number of hydrogen-bond donors (Lipinski definition) is 0. The van der Waals surface area contributed by atoms with Gasteiger partial charge in [-0.3, -0.25) is 0 Å². The second-order valence-corrected chi connectivity index (χ2v) is 15.1. The van der Waals surface area contributed by atoms with Crippen LogP contribution in [0.1, 0.15) is 11.5 Å². The molecule has 1 aliphatic heterocycles. The Morgan fingerprint density at radius 3 is 1.70 bits per heavy atom. The van der Waals surface area contributed by atoms with E-state index in [0.29, 0.717) is 5.92 Å². The van der Waals surface area contributed by atoms with Crippen LogP contribution in [0.5, 0.6) is 0 Å². The third kappa shape index (κ3) is 5.96. The Kier molecular flexibility index (Phi) is 8.19. The van der Waals surface area contributed by atoms with Crippen molar-refractivity contribution in [1.29, 1.82) is 0 Å². The van der Waals surface area contributed by atoms with Gasteiger partial charge in [0.05, 0.1) is 12.2 Å². The van der Waals surface area contributed by atoms with E-state index in [2.05, 4.69) is 205 Å². The quantitative estimate of drug-likeness (QED) is 0.163. The van der Waals surface area contributed by atoms with Gasteiger partial charge in [-0.2, -0.15) is 0 Å². The van der Waals surface area contributed by atoms with Crippen molar-refractivity contribution < 1.29 is 9.15 Å². The van der Waals surface area contributed by atoms with Crippen molar-refractivity contribution in [1.82, 2.24) is 0 Å². The molecule has 4 unspecified atom stereocenters. The molecule has 3 nitrogen and oxygen atoms in total. The molecule has 8 aromatic rings. The van der Waals surface area contributed by atoms with E-state index in [-0.39, 0.29) is 18.1 Å². The second-order valence-electron chi connectivity index (χ2n) is 15.1. The first kappa shape index (κ1) is 33.4. The van der Waals surface area contributed by atoms with Crippen molar-refractivity contribution in [2.75, 3.05) is 4.90 Å². The van der Waals surface area contributed by atoms with Crippen LogP contribution in [-0.4, -0.2) is 12.2 Å². The molecule has 3 aliphatic rings. The molecule has 0 amide bonds. The minimum atomic E-state index is 0.0393. The fraction of sp³-hybridized carbons (Fsp3) is 0.0741. The SMILES string of the molecule is C1=CC2OC3C(=CC=CC3c3ccc(N(c4ccc(-c5ccc(-c6ccccc6)cc5)cc4)c4ccc(-c5cccc6c5oc5ccccc56)cc4)cc3)C2C=C1. The van der Waals surface area contributed by atoms with Gasteiger partial charge in [0.2, 0.25) is 0 Å². The number of ether oxygens (including phenoxy) is 1. The highest BCUT2D eigenvalue weighted by Crippen LogP contribution is 2.46. The van der Waals surface area contributed by atoms with Gasteiger partial charge >= 0.3 is 0 Å². The maximum absolute atomic E-state index is 6.65. The van der Waals surface area contributed by atoms with Crippen molar-refractivity contribution in [2.24, 2.45) is 5.92 Å². The van der Waals surface area contributed by atoms with Crippen LogP contribution < -0.4 is 4.90 Å². The molecule has 1 saturated heterocycles. The van der Waals surface area contributed by atoms with Gasteiger partial charge in [0.25, 0.3) is 0 Å². The lowest BCUT2D eigenvalue weighted by Crippen LogP contribution is -2.21. The number of hydrogen-bond acceptors (Lipinski definition) is 3.